The van der Waals surface area contributed by atoms with Crippen LogP contribution >= 0.6 is 0 Å². The molecule has 0 aromatic heterocycles. The molecule has 102 valence electrons. The van der Waals surface area contributed by atoms with Gasteiger partial charge in [-0.3, -0.25) is 0 Å². The number of rotatable bonds is 3. The molecule has 0 unspecified atom stereocenters. The molecular formula is C13H16N2O4. The van der Waals surface area contributed by atoms with E-state index >= 15 is 0 Å². The van der Waals surface area contributed by atoms with Crippen molar-refractivity contribution in [2.45, 2.75) is 18.9 Å². The zero-order valence-corrected chi connectivity index (χ0v) is 10.4. The van der Waals surface area contributed by atoms with Crippen LogP contribution in [0.4, 0.5) is 10.5 Å². The van der Waals surface area contributed by atoms with Crippen LogP contribution in [0.2, 0.25) is 0 Å². The van der Waals surface area contributed by atoms with Gasteiger partial charge in [0.1, 0.15) is 0 Å². The highest BCUT2D eigenvalue weighted by molar-refractivity contribution is 5.93. The highest BCUT2D eigenvalue weighted by Crippen LogP contribution is 2.11. The van der Waals surface area contributed by atoms with E-state index in [1.807, 2.05) is 0 Å². The topological polar surface area (TPSA) is 87.7 Å². The maximum atomic E-state index is 11.8. The van der Waals surface area contributed by atoms with Crippen LogP contribution in [0.3, 0.4) is 0 Å². The second kappa shape index (κ2) is 6.19. The first-order valence-electron chi connectivity index (χ1n) is 6.14. The molecule has 1 saturated heterocycles. The molecule has 19 heavy (non-hydrogen) atoms. The zero-order chi connectivity index (χ0) is 13.7. The molecule has 1 aliphatic heterocycles. The van der Waals surface area contributed by atoms with E-state index in [0.29, 0.717) is 18.9 Å². The number of carboxylic acids is 1. The Balaban J connectivity index is 1.90. The molecule has 0 saturated carbocycles. The molecular weight excluding hydrogens is 248 g/mol. The van der Waals surface area contributed by atoms with Crippen LogP contribution in [0.1, 0.15) is 23.2 Å². The van der Waals surface area contributed by atoms with Crippen LogP contribution in [-0.2, 0) is 4.74 Å². The monoisotopic (exact) mass is 264 g/mol. The molecule has 0 aliphatic carbocycles. The number of amides is 2. The number of hydrogen-bond donors (Lipinski definition) is 3. The van der Waals surface area contributed by atoms with Crippen molar-refractivity contribution in [3.05, 3.63) is 29.8 Å². The third-order valence-corrected chi connectivity index (χ3v) is 2.92. The second-order valence-corrected chi connectivity index (χ2v) is 4.37. The summed E-state index contributed by atoms with van der Waals surface area (Å²) in [5.74, 6) is -1.02. The Morgan fingerprint density at radius 2 is 2.00 bits per heavy atom. The van der Waals surface area contributed by atoms with Crippen molar-refractivity contribution < 1.29 is 19.4 Å². The first-order chi connectivity index (χ1) is 9.15. The Morgan fingerprint density at radius 1 is 1.26 bits per heavy atom. The van der Waals surface area contributed by atoms with Gasteiger partial charge in [0.15, 0.2) is 0 Å². The summed E-state index contributed by atoms with van der Waals surface area (Å²) in [6.45, 7) is 1.30. The van der Waals surface area contributed by atoms with Crippen molar-refractivity contribution in [2.24, 2.45) is 0 Å². The normalized spacial score (nSPS) is 15.8. The van der Waals surface area contributed by atoms with Gasteiger partial charge in [-0.15, -0.1) is 0 Å². The Labute approximate surface area is 110 Å². The average molecular weight is 264 g/mol. The average Bonchev–Trinajstić information content (AvgIpc) is 2.40. The molecule has 1 aromatic carbocycles. The summed E-state index contributed by atoms with van der Waals surface area (Å²) in [6.07, 6.45) is 1.59. The third-order valence-electron chi connectivity index (χ3n) is 2.92. The summed E-state index contributed by atoms with van der Waals surface area (Å²) < 4.78 is 5.20. The van der Waals surface area contributed by atoms with Crippen LogP contribution in [0.25, 0.3) is 0 Å². The molecule has 6 nitrogen and oxygen atoms in total. The van der Waals surface area contributed by atoms with Gasteiger partial charge in [-0.05, 0) is 31.0 Å². The molecule has 1 heterocycles. The minimum Gasteiger partial charge on any atom is -0.478 e. The van der Waals surface area contributed by atoms with E-state index in [9.17, 15) is 9.59 Å². The second-order valence-electron chi connectivity index (χ2n) is 4.37. The standard InChI is InChI=1S/C13H16N2O4/c16-12(17)9-2-1-3-11(8-9)15-13(18)14-10-4-6-19-7-5-10/h1-3,8,10H,4-7H2,(H,16,17)(H2,14,15,18). The minimum absolute atomic E-state index is 0.108. The van der Waals surface area contributed by atoms with Gasteiger partial charge in [-0.1, -0.05) is 6.07 Å². The first kappa shape index (κ1) is 13.4. The smallest absolute Gasteiger partial charge is 0.335 e. The lowest BCUT2D eigenvalue weighted by Crippen LogP contribution is -2.41. The van der Waals surface area contributed by atoms with Crippen molar-refractivity contribution >= 4 is 17.7 Å². The molecule has 6 heteroatoms. The zero-order valence-electron chi connectivity index (χ0n) is 10.4. The van der Waals surface area contributed by atoms with E-state index in [1.54, 1.807) is 12.1 Å². The largest absolute Gasteiger partial charge is 0.478 e. The fourth-order valence-corrected chi connectivity index (χ4v) is 1.92. The SMILES string of the molecule is O=C(Nc1cccc(C(=O)O)c1)NC1CCOCC1. The number of nitrogens with one attached hydrogen (secondary N) is 2. The summed E-state index contributed by atoms with van der Waals surface area (Å²) in [5, 5.41) is 14.3. The summed E-state index contributed by atoms with van der Waals surface area (Å²) >= 11 is 0. The van der Waals surface area contributed by atoms with Crippen LogP contribution in [0.5, 0.6) is 0 Å². The number of carbonyl (C=O) groups excluding carboxylic acids is 1. The van der Waals surface area contributed by atoms with Crippen LogP contribution in [0, 0.1) is 0 Å². The van der Waals surface area contributed by atoms with Crippen molar-refractivity contribution in [3.8, 4) is 0 Å². The maximum absolute atomic E-state index is 11.8. The first-order valence-corrected chi connectivity index (χ1v) is 6.14. The molecule has 1 fully saturated rings. The number of aromatic carboxylic acids is 1. The Kier molecular flexibility index (Phi) is 4.35. The highest BCUT2D eigenvalue weighted by atomic mass is 16.5. The van der Waals surface area contributed by atoms with Crippen LogP contribution in [-0.4, -0.2) is 36.4 Å². The van der Waals surface area contributed by atoms with Gasteiger partial charge in [0.2, 0.25) is 0 Å². The van der Waals surface area contributed by atoms with Gasteiger partial charge in [-0.25, -0.2) is 9.59 Å². The predicted molar refractivity (Wildman–Crippen MR) is 69.4 cm³/mol. The Bertz CT molecular complexity index is 469. The number of anilines is 1. The van der Waals surface area contributed by atoms with Crippen LogP contribution in [0.15, 0.2) is 24.3 Å². The van der Waals surface area contributed by atoms with Crippen molar-refractivity contribution in [1.29, 1.82) is 0 Å². The third kappa shape index (κ3) is 3.96. The van der Waals surface area contributed by atoms with Crippen LogP contribution < -0.4 is 10.6 Å². The molecule has 0 bridgehead atoms. The fourth-order valence-electron chi connectivity index (χ4n) is 1.92. The highest BCUT2D eigenvalue weighted by Gasteiger charge is 2.16. The van der Waals surface area contributed by atoms with E-state index < -0.39 is 5.97 Å². The maximum Gasteiger partial charge on any atom is 0.335 e. The van der Waals surface area contributed by atoms with Crippen molar-refractivity contribution in [1.82, 2.24) is 5.32 Å². The lowest BCUT2D eigenvalue weighted by molar-refractivity contribution is 0.0696. The van der Waals surface area contributed by atoms with Crippen molar-refractivity contribution in [3.63, 3.8) is 0 Å². The molecule has 2 rings (SSSR count). The molecule has 1 aromatic rings. The van der Waals surface area contributed by atoms with Crippen molar-refractivity contribution in [2.75, 3.05) is 18.5 Å². The van der Waals surface area contributed by atoms with E-state index in [1.165, 1.54) is 12.1 Å². The quantitative estimate of drug-likeness (QED) is 0.775. The number of hydrogen-bond acceptors (Lipinski definition) is 3. The fraction of sp³-hybridized carbons (Fsp3) is 0.385. The van der Waals surface area contributed by atoms with Gasteiger partial charge in [0.05, 0.1) is 5.56 Å². The summed E-state index contributed by atoms with van der Waals surface area (Å²) in [5.41, 5.74) is 0.605. The van der Waals surface area contributed by atoms with Gasteiger partial charge in [0.25, 0.3) is 0 Å². The van der Waals surface area contributed by atoms with Gasteiger partial charge in [0, 0.05) is 24.9 Å². The predicted octanol–water partition coefficient (Wildman–Crippen LogP) is 1.69. The molecule has 0 radical (unpaired) electrons. The van der Waals surface area contributed by atoms with E-state index in [0.717, 1.165) is 12.8 Å². The van der Waals surface area contributed by atoms with E-state index in [2.05, 4.69) is 10.6 Å². The molecule has 3 N–H and O–H groups in total. The number of ether oxygens (including phenoxy) is 1. The Morgan fingerprint density at radius 3 is 2.68 bits per heavy atom. The van der Waals surface area contributed by atoms with Gasteiger partial charge in [-0.2, -0.15) is 0 Å². The van der Waals surface area contributed by atoms with E-state index in [-0.39, 0.29) is 17.6 Å². The summed E-state index contributed by atoms with van der Waals surface area (Å²) in [4.78, 5) is 22.6. The lowest BCUT2D eigenvalue weighted by atomic mass is 10.1. The summed E-state index contributed by atoms with van der Waals surface area (Å²) in [6, 6.07) is 5.92. The van der Waals surface area contributed by atoms with E-state index in [4.69, 9.17) is 9.84 Å². The number of carbonyl (C=O) groups is 2. The molecule has 1 aliphatic rings. The van der Waals surface area contributed by atoms with Gasteiger partial charge >= 0.3 is 12.0 Å². The summed E-state index contributed by atoms with van der Waals surface area (Å²) in [7, 11) is 0. The number of benzene rings is 1. The number of carboxylic acid groups (broad SMARTS) is 1. The number of urea groups is 1. The lowest BCUT2D eigenvalue weighted by Gasteiger charge is -2.23. The molecule has 0 spiro atoms. The van der Waals surface area contributed by atoms with Gasteiger partial charge < -0.3 is 20.5 Å². The minimum atomic E-state index is -1.02. The molecule has 0 atom stereocenters. The molecule has 2 amide bonds. The Hall–Kier alpha value is -2.08.